The van der Waals surface area contributed by atoms with E-state index in [1.165, 1.54) is 11.3 Å². The topological polar surface area (TPSA) is 51.2 Å². The fourth-order valence-corrected chi connectivity index (χ4v) is 3.04. The molecule has 1 N–H and O–H groups in total. The molecule has 0 aliphatic heterocycles. The number of nitrogens with one attached hydrogen (secondary N) is 1. The number of rotatable bonds is 5. The van der Waals surface area contributed by atoms with Crippen LogP contribution in [0.25, 0.3) is 10.2 Å². The van der Waals surface area contributed by atoms with Crippen LogP contribution in [0.15, 0.2) is 48.0 Å². The van der Waals surface area contributed by atoms with Gasteiger partial charge < -0.3 is 10.1 Å². The molecule has 0 atom stereocenters. The molecular formula is C20H18N2O2S. The molecule has 4 nitrogen and oxygen atoms in total. The van der Waals surface area contributed by atoms with E-state index in [1.54, 1.807) is 11.6 Å². The number of nitrogens with zero attached hydrogens (tertiary/aromatic N) is 1. The highest BCUT2D eigenvalue weighted by atomic mass is 32.1. The van der Waals surface area contributed by atoms with Gasteiger partial charge in [0.1, 0.15) is 12.4 Å². The molecule has 0 unspecified atom stereocenters. The molecule has 2 aromatic carbocycles. The molecule has 0 radical (unpaired) electrons. The van der Waals surface area contributed by atoms with Gasteiger partial charge in [-0.1, -0.05) is 25.0 Å². The zero-order chi connectivity index (χ0) is 17.5. The van der Waals surface area contributed by atoms with E-state index < -0.39 is 0 Å². The molecule has 1 aromatic heterocycles. The van der Waals surface area contributed by atoms with Crippen molar-refractivity contribution >= 4 is 27.5 Å². The van der Waals surface area contributed by atoms with Crippen LogP contribution < -0.4 is 10.1 Å². The number of carbonyl (C=O) groups excluding carboxylic acids is 1. The van der Waals surface area contributed by atoms with E-state index >= 15 is 0 Å². The van der Waals surface area contributed by atoms with E-state index in [9.17, 15) is 4.79 Å². The summed E-state index contributed by atoms with van der Waals surface area (Å²) in [6.45, 7) is 2.82. The van der Waals surface area contributed by atoms with E-state index in [1.807, 2.05) is 43.3 Å². The summed E-state index contributed by atoms with van der Waals surface area (Å²) in [4.78, 5) is 16.6. The molecule has 3 rings (SSSR count). The van der Waals surface area contributed by atoms with Crippen molar-refractivity contribution in [2.75, 3.05) is 6.61 Å². The monoisotopic (exact) mass is 350 g/mol. The normalized spacial score (nSPS) is 10.1. The minimum absolute atomic E-state index is 0.101. The highest BCUT2D eigenvalue weighted by Gasteiger charge is 2.07. The van der Waals surface area contributed by atoms with E-state index in [2.05, 4.69) is 22.1 Å². The molecule has 0 bridgehead atoms. The molecule has 1 heterocycles. The van der Waals surface area contributed by atoms with Crippen molar-refractivity contribution in [1.82, 2.24) is 10.3 Å². The van der Waals surface area contributed by atoms with Crippen LogP contribution in [0.1, 0.15) is 29.3 Å². The average Bonchev–Trinajstić information content (AvgIpc) is 3.11. The first-order valence-electron chi connectivity index (χ1n) is 8.05. The zero-order valence-corrected chi connectivity index (χ0v) is 14.7. The highest BCUT2D eigenvalue weighted by molar-refractivity contribution is 7.16. The van der Waals surface area contributed by atoms with Crippen LogP contribution in [0.2, 0.25) is 0 Å². The Morgan fingerprint density at radius 1 is 1.24 bits per heavy atom. The van der Waals surface area contributed by atoms with Crippen LogP contribution >= 0.6 is 11.3 Å². The molecule has 0 saturated heterocycles. The van der Waals surface area contributed by atoms with Crippen molar-refractivity contribution in [3.63, 3.8) is 0 Å². The predicted molar refractivity (Wildman–Crippen MR) is 101 cm³/mol. The fourth-order valence-electron chi connectivity index (χ4n) is 2.32. The third-order valence-corrected chi connectivity index (χ3v) is 4.35. The van der Waals surface area contributed by atoms with Gasteiger partial charge in [-0.25, -0.2) is 4.98 Å². The molecule has 0 saturated carbocycles. The Balaban J connectivity index is 1.59. The minimum atomic E-state index is -0.101. The third kappa shape index (κ3) is 4.59. The number of fused-ring (bicyclic) bond motifs is 1. The molecule has 25 heavy (non-hydrogen) atoms. The van der Waals surface area contributed by atoms with E-state index in [0.29, 0.717) is 18.7 Å². The van der Waals surface area contributed by atoms with Crippen LogP contribution in [0, 0.1) is 11.8 Å². The number of hydrogen-bond acceptors (Lipinski definition) is 4. The summed E-state index contributed by atoms with van der Waals surface area (Å²) in [5.74, 6) is 6.56. The molecule has 0 aliphatic rings. The van der Waals surface area contributed by atoms with E-state index in [-0.39, 0.29) is 5.91 Å². The Morgan fingerprint density at radius 2 is 2.16 bits per heavy atom. The van der Waals surface area contributed by atoms with Gasteiger partial charge in [-0.05, 0) is 35.9 Å². The Bertz CT molecular complexity index is 937. The SMILES string of the molecule is CCC#CCOc1cccc(CNC(=O)c2ccc3ncsc3c2)c1. The van der Waals surface area contributed by atoms with Crippen LogP contribution in [0.5, 0.6) is 5.75 Å². The van der Waals surface area contributed by atoms with Crippen molar-refractivity contribution in [2.45, 2.75) is 19.9 Å². The molecule has 126 valence electrons. The Labute approximate surface area is 150 Å². The Kier molecular flexibility index (Phi) is 5.65. The minimum Gasteiger partial charge on any atom is -0.481 e. The second-order valence-electron chi connectivity index (χ2n) is 5.36. The van der Waals surface area contributed by atoms with Gasteiger partial charge in [0.25, 0.3) is 5.91 Å². The third-order valence-electron chi connectivity index (χ3n) is 3.56. The number of aromatic nitrogens is 1. The predicted octanol–water partition coefficient (Wildman–Crippen LogP) is 4.02. The molecule has 3 aromatic rings. The number of amides is 1. The van der Waals surface area contributed by atoms with Crippen molar-refractivity contribution in [3.8, 4) is 17.6 Å². The highest BCUT2D eigenvalue weighted by Crippen LogP contribution is 2.19. The smallest absolute Gasteiger partial charge is 0.251 e. The lowest BCUT2D eigenvalue weighted by atomic mass is 10.2. The van der Waals surface area contributed by atoms with Gasteiger partial charge in [0.2, 0.25) is 0 Å². The van der Waals surface area contributed by atoms with Crippen LogP contribution in [-0.2, 0) is 6.54 Å². The summed E-state index contributed by atoms with van der Waals surface area (Å²) in [6.07, 6.45) is 0.822. The maximum Gasteiger partial charge on any atom is 0.251 e. The zero-order valence-electron chi connectivity index (χ0n) is 13.9. The summed E-state index contributed by atoms with van der Waals surface area (Å²) in [5, 5.41) is 2.94. The van der Waals surface area contributed by atoms with E-state index in [0.717, 1.165) is 28.0 Å². The maximum absolute atomic E-state index is 12.3. The summed E-state index contributed by atoms with van der Waals surface area (Å²) >= 11 is 1.53. The number of thiazole rings is 1. The van der Waals surface area contributed by atoms with Gasteiger partial charge in [0.15, 0.2) is 0 Å². The maximum atomic E-state index is 12.3. The largest absolute Gasteiger partial charge is 0.481 e. The number of carbonyl (C=O) groups is 1. The Morgan fingerprint density at radius 3 is 3.04 bits per heavy atom. The van der Waals surface area contributed by atoms with Gasteiger partial charge in [0, 0.05) is 18.5 Å². The molecule has 0 fully saturated rings. The molecular weight excluding hydrogens is 332 g/mol. The second-order valence-corrected chi connectivity index (χ2v) is 6.25. The summed E-state index contributed by atoms with van der Waals surface area (Å²) in [7, 11) is 0. The summed E-state index contributed by atoms with van der Waals surface area (Å²) < 4.78 is 6.60. The van der Waals surface area contributed by atoms with Crippen molar-refractivity contribution in [1.29, 1.82) is 0 Å². The first-order valence-corrected chi connectivity index (χ1v) is 8.93. The first kappa shape index (κ1) is 17.0. The lowest BCUT2D eigenvalue weighted by Crippen LogP contribution is -2.22. The molecule has 5 heteroatoms. The van der Waals surface area contributed by atoms with Crippen LogP contribution in [-0.4, -0.2) is 17.5 Å². The molecule has 0 aliphatic carbocycles. The lowest BCUT2D eigenvalue weighted by Gasteiger charge is -2.08. The summed E-state index contributed by atoms with van der Waals surface area (Å²) in [5.41, 5.74) is 4.31. The standard InChI is InChI=1S/C20H18N2O2S/c1-2-3-4-10-24-17-7-5-6-15(11-17)13-21-20(23)16-8-9-18-19(12-16)25-14-22-18/h5-9,11-12,14H,2,10,13H2,1H3,(H,21,23). The molecule has 1 amide bonds. The van der Waals surface area contributed by atoms with Crippen molar-refractivity contribution in [2.24, 2.45) is 0 Å². The number of ether oxygens (including phenoxy) is 1. The lowest BCUT2D eigenvalue weighted by molar-refractivity contribution is 0.0951. The number of hydrogen-bond donors (Lipinski definition) is 1. The quantitative estimate of drug-likeness (QED) is 0.707. The first-order chi connectivity index (χ1) is 12.3. The van der Waals surface area contributed by atoms with Gasteiger partial charge in [-0.15, -0.1) is 17.3 Å². The average molecular weight is 350 g/mol. The number of benzene rings is 2. The van der Waals surface area contributed by atoms with Crippen LogP contribution in [0.4, 0.5) is 0 Å². The second kappa shape index (κ2) is 8.32. The fraction of sp³-hybridized carbons (Fsp3) is 0.200. The van der Waals surface area contributed by atoms with Crippen molar-refractivity contribution in [3.05, 3.63) is 59.1 Å². The van der Waals surface area contributed by atoms with Crippen LogP contribution in [0.3, 0.4) is 0 Å². The van der Waals surface area contributed by atoms with E-state index in [4.69, 9.17) is 4.74 Å². The van der Waals surface area contributed by atoms with Gasteiger partial charge in [0.05, 0.1) is 15.7 Å². The van der Waals surface area contributed by atoms with Crippen molar-refractivity contribution < 1.29 is 9.53 Å². The van der Waals surface area contributed by atoms with Gasteiger partial charge in [-0.3, -0.25) is 4.79 Å². The van der Waals surface area contributed by atoms with Gasteiger partial charge >= 0.3 is 0 Å². The Hall–Kier alpha value is -2.84. The summed E-state index contributed by atoms with van der Waals surface area (Å²) in [6, 6.07) is 13.2. The molecule has 0 spiro atoms. The van der Waals surface area contributed by atoms with Gasteiger partial charge in [-0.2, -0.15) is 0 Å².